The number of carbonyl (C=O) groups is 3. The molecule has 0 amide bonds. The van der Waals surface area contributed by atoms with E-state index in [2.05, 4.69) is 6.58 Å². The maximum atomic E-state index is 12.3. The van der Waals surface area contributed by atoms with Gasteiger partial charge in [-0.3, -0.25) is 9.59 Å². The maximum absolute atomic E-state index is 12.3. The van der Waals surface area contributed by atoms with Gasteiger partial charge in [-0.15, -0.1) is 0 Å². The molecule has 2 aromatic rings. The van der Waals surface area contributed by atoms with Gasteiger partial charge in [0.25, 0.3) is 0 Å². The van der Waals surface area contributed by atoms with Crippen LogP contribution in [0.25, 0.3) is 0 Å². The second-order valence-corrected chi connectivity index (χ2v) is 6.04. The number of methoxy groups -OCH3 is 1. The molecule has 0 fully saturated rings. The summed E-state index contributed by atoms with van der Waals surface area (Å²) in [6.07, 6.45) is -0.219. The van der Waals surface area contributed by atoms with E-state index >= 15 is 0 Å². The van der Waals surface area contributed by atoms with E-state index in [1.807, 2.05) is 0 Å². The number of esters is 1. The van der Waals surface area contributed by atoms with E-state index in [4.69, 9.17) is 14.2 Å². The van der Waals surface area contributed by atoms with Crippen molar-refractivity contribution in [2.75, 3.05) is 20.3 Å². The second kappa shape index (κ2) is 10.1. The van der Waals surface area contributed by atoms with E-state index in [9.17, 15) is 14.4 Å². The van der Waals surface area contributed by atoms with Gasteiger partial charge in [0, 0.05) is 16.7 Å². The highest BCUT2D eigenvalue weighted by Crippen LogP contribution is 2.16. The first-order chi connectivity index (χ1) is 13.4. The quantitative estimate of drug-likeness (QED) is 0.205. The van der Waals surface area contributed by atoms with Crippen LogP contribution in [0.3, 0.4) is 0 Å². The summed E-state index contributed by atoms with van der Waals surface area (Å²) in [5, 5.41) is 0. The zero-order valence-corrected chi connectivity index (χ0v) is 15.9. The summed E-state index contributed by atoms with van der Waals surface area (Å²) in [7, 11) is 1.54. The highest BCUT2D eigenvalue weighted by Gasteiger charge is 2.14. The van der Waals surface area contributed by atoms with Gasteiger partial charge in [-0.1, -0.05) is 6.58 Å². The van der Waals surface area contributed by atoms with Gasteiger partial charge in [0.2, 0.25) is 0 Å². The Kier molecular flexibility index (Phi) is 7.51. The summed E-state index contributed by atoms with van der Waals surface area (Å²) in [4.78, 5) is 35.8. The van der Waals surface area contributed by atoms with Gasteiger partial charge < -0.3 is 14.2 Å². The van der Waals surface area contributed by atoms with Crippen molar-refractivity contribution in [1.29, 1.82) is 0 Å². The summed E-state index contributed by atoms with van der Waals surface area (Å²) >= 11 is 0. The lowest BCUT2D eigenvalue weighted by Crippen LogP contribution is -2.12. The normalized spacial score (nSPS) is 10.1. The van der Waals surface area contributed by atoms with Crippen molar-refractivity contribution in [3.8, 4) is 11.5 Å². The van der Waals surface area contributed by atoms with Crippen LogP contribution in [-0.4, -0.2) is 37.9 Å². The molecule has 2 rings (SSSR count). The number of hydrogen-bond donors (Lipinski definition) is 0. The molecule has 0 saturated heterocycles. The Bertz CT molecular complexity index is 850. The van der Waals surface area contributed by atoms with Crippen molar-refractivity contribution in [3.63, 3.8) is 0 Å². The Morgan fingerprint density at radius 3 is 1.79 bits per heavy atom. The van der Waals surface area contributed by atoms with Crippen LogP contribution >= 0.6 is 0 Å². The molecular weight excluding hydrogens is 360 g/mol. The second-order valence-electron chi connectivity index (χ2n) is 6.04. The van der Waals surface area contributed by atoms with E-state index in [1.165, 1.54) is 0 Å². The first-order valence-electron chi connectivity index (χ1n) is 8.66. The average Bonchev–Trinajstić information content (AvgIpc) is 2.71. The molecule has 146 valence electrons. The molecule has 0 aliphatic heterocycles. The van der Waals surface area contributed by atoms with Crippen LogP contribution < -0.4 is 9.47 Å². The summed E-state index contributed by atoms with van der Waals surface area (Å²) in [6.45, 7) is 5.34. The van der Waals surface area contributed by atoms with Gasteiger partial charge in [0.05, 0.1) is 13.5 Å². The highest BCUT2D eigenvalue weighted by molar-refractivity contribution is 6.13. The van der Waals surface area contributed by atoms with Gasteiger partial charge in [0.1, 0.15) is 24.7 Å². The van der Waals surface area contributed by atoms with Crippen LogP contribution in [0.4, 0.5) is 0 Å². The Morgan fingerprint density at radius 1 is 0.821 bits per heavy atom. The Morgan fingerprint density at radius 2 is 1.32 bits per heavy atom. The van der Waals surface area contributed by atoms with Crippen molar-refractivity contribution < 1.29 is 28.6 Å². The predicted molar refractivity (Wildman–Crippen MR) is 104 cm³/mol. The molecule has 0 bridgehead atoms. The minimum Gasteiger partial charge on any atom is -0.497 e. The van der Waals surface area contributed by atoms with Crippen molar-refractivity contribution >= 4 is 17.5 Å². The molecule has 0 radical (unpaired) electrons. The number of hydrogen-bond acceptors (Lipinski definition) is 6. The molecule has 0 spiro atoms. The Balaban J connectivity index is 1.84. The van der Waals surface area contributed by atoms with Crippen molar-refractivity contribution in [3.05, 3.63) is 71.8 Å². The molecule has 0 unspecified atom stereocenters. The Labute approximate surface area is 163 Å². The number of Topliss-reactive ketones (excluding diaryl/α,β-unsaturated/α-hetero) is 2. The largest absolute Gasteiger partial charge is 0.497 e. The van der Waals surface area contributed by atoms with Crippen LogP contribution in [0.15, 0.2) is 60.7 Å². The molecule has 0 aromatic heterocycles. The molecule has 0 aliphatic carbocycles. The van der Waals surface area contributed by atoms with Gasteiger partial charge in [-0.25, -0.2) is 4.79 Å². The van der Waals surface area contributed by atoms with Gasteiger partial charge in [0.15, 0.2) is 11.6 Å². The molecule has 0 aliphatic rings. The van der Waals surface area contributed by atoms with Gasteiger partial charge in [-0.05, 0) is 55.5 Å². The van der Waals surface area contributed by atoms with E-state index < -0.39 is 5.97 Å². The van der Waals surface area contributed by atoms with Crippen molar-refractivity contribution in [1.82, 2.24) is 0 Å². The van der Waals surface area contributed by atoms with Crippen LogP contribution in [0, 0.1) is 0 Å². The lowest BCUT2D eigenvalue weighted by Gasteiger charge is -2.08. The minimum atomic E-state index is -0.467. The minimum absolute atomic E-state index is 0.0999. The highest BCUT2D eigenvalue weighted by atomic mass is 16.6. The Hall–Kier alpha value is -3.41. The first-order valence-corrected chi connectivity index (χ1v) is 8.66. The lowest BCUT2D eigenvalue weighted by atomic mass is 10.0. The number of ketones is 2. The van der Waals surface area contributed by atoms with E-state index in [0.29, 0.717) is 28.2 Å². The van der Waals surface area contributed by atoms with Crippen LogP contribution in [0.1, 0.15) is 34.1 Å². The number of rotatable bonds is 10. The number of benzene rings is 2. The molecular formula is C22H22O6. The average molecular weight is 382 g/mol. The predicted octanol–water partition coefficient (Wildman–Crippen LogP) is 3.65. The topological polar surface area (TPSA) is 78.9 Å². The third-order valence-corrected chi connectivity index (χ3v) is 3.84. The van der Waals surface area contributed by atoms with E-state index in [1.54, 1.807) is 62.6 Å². The molecule has 6 nitrogen and oxygen atoms in total. The lowest BCUT2D eigenvalue weighted by molar-refractivity contribution is -0.139. The van der Waals surface area contributed by atoms with Crippen LogP contribution in [-0.2, 0) is 9.53 Å². The maximum Gasteiger partial charge on any atom is 0.333 e. The third-order valence-electron chi connectivity index (χ3n) is 3.84. The number of carbonyl (C=O) groups excluding carboxylic acids is 3. The summed E-state index contributed by atoms with van der Waals surface area (Å²) in [5.74, 6) is 0.179. The monoisotopic (exact) mass is 382 g/mol. The zero-order valence-electron chi connectivity index (χ0n) is 15.9. The van der Waals surface area contributed by atoms with Crippen molar-refractivity contribution in [2.24, 2.45) is 0 Å². The molecule has 0 saturated carbocycles. The summed E-state index contributed by atoms with van der Waals surface area (Å²) in [6, 6.07) is 13.1. The number of ether oxygens (including phenoxy) is 3. The van der Waals surface area contributed by atoms with Gasteiger partial charge >= 0.3 is 5.97 Å². The zero-order chi connectivity index (χ0) is 20.5. The fourth-order valence-electron chi connectivity index (χ4n) is 2.28. The fraction of sp³-hybridized carbons (Fsp3) is 0.227. The fourth-order valence-corrected chi connectivity index (χ4v) is 2.28. The third kappa shape index (κ3) is 6.09. The first kappa shape index (κ1) is 20.9. The molecule has 2 aromatic carbocycles. The van der Waals surface area contributed by atoms with Crippen LogP contribution in [0.5, 0.6) is 11.5 Å². The van der Waals surface area contributed by atoms with Gasteiger partial charge in [-0.2, -0.15) is 0 Å². The summed E-state index contributed by atoms with van der Waals surface area (Å²) in [5.41, 5.74) is 1.20. The molecule has 28 heavy (non-hydrogen) atoms. The van der Waals surface area contributed by atoms with Crippen molar-refractivity contribution in [2.45, 2.75) is 13.3 Å². The standard InChI is InChI=1S/C22H22O6/c1-15(2)22(25)28-13-12-27-19-10-6-17(7-11-19)21(24)14-20(23)16-4-8-18(26-3)9-5-16/h4-11H,1,12-14H2,2-3H3. The van der Waals surface area contributed by atoms with E-state index in [-0.39, 0.29) is 31.2 Å². The molecule has 0 N–H and O–H groups in total. The smallest absolute Gasteiger partial charge is 0.333 e. The van der Waals surface area contributed by atoms with E-state index in [0.717, 1.165) is 0 Å². The molecule has 0 atom stereocenters. The van der Waals surface area contributed by atoms with Crippen LogP contribution in [0.2, 0.25) is 0 Å². The molecule has 0 heterocycles. The summed E-state index contributed by atoms with van der Waals surface area (Å²) < 4.78 is 15.4. The molecule has 6 heteroatoms. The SMILES string of the molecule is C=C(C)C(=O)OCCOc1ccc(C(=O)CC(=O)c2ccc(OC)cc2)cc1.